The Labute approximate surface area is 147 Å². The third kappa shape index (κ3) is 6.18. The molecule has 3 N–H and O–H groups in total. The van der Waals surface area contributed by atoms with E-state index in [1.165, 1.54) is 4.90 Å². The van der Waals surface area contributed by atoms with Gasteiger partial charge in [0, 0.05) is 26.3 Å². The molecule has 0 saturated heterocycles. The van der Waals surface area contributed by atoms with E-state index < -0.39 is 0 Å². The van der Waals surface area contributed by atoms with Crippen molar-refractivity contribution in [2.75, 3.05) is 26.4 Å². The van der Waals surface area contributed by atoms with Gasteiger partial charge >= 0.3 is 0 Å². The molecule has 0 radical (unpaired) electrons. The summed E-state index contributed by atoms with van der Waals surface area (Å²) in [6.45, 7) is 0.382. The van der Waals surface area contributed by atoms with Gasteiger partial charge in [-0.15, -0.1) is 0 Å². The summed E-state index contributed by atoms with van der Waals surface area (Å²) >= 11 is 0. The zero-order valence-electron chi connectivity index (χ0n) is 14.5. The molecule has 0 saturated carbocycles. The lowest BCUT2D eigenvalue weighted by Crippen LogP contribution is -2.27. The van der Waals surface area contributed by atoms with E-state index in [-0.39, 0.29) is 18.4 Å². The van der Waals surface area contributed by atoms with E-state index >= 15 is 0 Å². The molecule has 0 unspecified atom stereocenters. The van der Waals surface area contributed by atoms with E-state index in [1.54, 1.807) is 32.3 Å². The van der Waals surface area contributed by atoms with Crippen LogP contribution in [0.2, 0.25) is 0 Å². The molecule has 0 aliphatic heterocycles. The maximum atomic E-state index is 12.0. The molecular weight excluding hydrogens is 318 g/mol. The zero-order chi connectivity index (χ0) is 18.2. The molecule has 6 heteroatoms. The van der Waals surface area contributed by atoms with E-state index in [1.807, 2.05) is 30.3 Å². The summed E-state index contributed by atoms with van der Waals surface area (Å²) in [5, 5.41) is 2.87. The van der Waals surface area contributed by atoms with E-state index in [2.05, 4.69) is 5.32 Å². The highest BCUT2D eigenvalue weighted by Crippen LogP contribution is 2.13. The normalized spacial score (nSPS) is 10.2. The van der Waals surface area contributed by atoms with Gasteiger partial charge in [0.05, 0.1) is 6.42 Å². The van der Waals surface area contributed by atoms with Crippen molar-refractivity contribution in [1.82, 2.24) is 10.2 Å². The van der Waals surface area contributed by atoms with Crippen LogP contribution >= 0.6 is 0 Å². The maximum absolute atomic E-state index is 12.0. The molecule has 25 heavy (non-hydrogen) atoms. The molecule has 132 valence electrons. The van der Waals surface area contributed by atoms with Gasteiger partial charge < -0.3 is 20.7 Å². The van der Waals surface area contributed by atoms with Crippen molar-refractivity contribution in [1.29, 1.82) is 0 Å². The molecular formula is C19H23N3O3. The highest BCUT2D eigenvalue weighted by Gasteiger charge is 2.06. The number of amides is 2. The van der Waals surface area contributed by atoms with Crippen LogP contribution in [-0.2, 0) is 22.6 Å². The third-order valence-electron chi connectivity index (χ3n) is 3.59. The Balaban J connectivity index is 1.83. The van der Waals surface area contributed by atoms with Crippen LogP contribution in [0.5, 0.6) is 5.75 Å². The quantitative estimate of drug-likeness (QED) is 0.749. The Morgan fingerprint density at radius 2 is 1.80 bits per heavy atom. The minimum absolute atomic E-state index is 0.0139. The highest BCUT2D eigenvalue weighted by atomic mass is 16.5. The van der Waals surface area contributed by atoms with Crippen molar-refractivity contribution in [3.05, 3.63) is 59.7 Å². The smallest absolute Gasteiger partial charge is 0.259 e. The molecule has 6 nitrogen and oxygen atoms in total. The van der Waals surface area contributed by atoms with Crippen LogP contribution in [0.15, 0.2) is 48.5 Å². The van der Waals surface area contributed by atoms with Crippen molar-refractivity contribution < 1.29 is 14.3 Å². The molecule has 0 heterocycles. The van der Waals surface area contributed by atoms with Gasteiger partial charge in [-0.3, -0.25) is 9.59 Å². The number of carbonyl (C=O) groups excluding carboxylic acids is 2. The lowest BCUT2D eigenvalue weighted by atomic mass is 10.1. The molecule has 0 spiro atoms. The van der Waals surface area contributed by atoms with Gasteiger partial charge in [0.15, 0.2) is 6.61 Å². The number of nitrogens with two attached hydrogens (primary N) is 1. The number of ether oxygens (including phenoxy) is 1. The first-order valence-corrected chi connectivity index (χ1v) is 7.97. The van der Waals surface area contributed by atoms with Crippen LogP contribution in [0, 0.1) is 0 Å². The van der Waals surface area contributed by atoms with Crippen molar-refractivity contribution in [2.45, 2.75) is 13.0 Å². The van der Waals surface area contributed by atoms with Crippen molar-refractivity contribution in [3.8, 4) is 5.75 Å². The molecule has 0 atom stereocenters. The molecule has 2 rings (SSSR count). The SMILES string of the molecule is CN(C)C(=O)COc1cccc(CNC(=O)Cc2ccc(N)cc2)c1. The molecule has 0 aliphatic carbocycles. The molecule has 0 fully saturated rings. The van der Waals surface area contributed by atoms with Crippen molar-refractivity contribution >= 4 is 17.5 Å². The fourth-order valence-corrected chi connectivity index (χ4v) is 2.10. The minimum atomic E-state index is -0.109. The molecule has 2 aromatic rings. The number of nitrogens with zero attached hydrogens (tertiary/aromatic N) is 1. The monoisotopic (exact) mass is 341 g/mol. The lowest BCUT2D eigenvalue weighted by Gasteiger charge is -2.12. The highest BCUT2D eigenvalue weighted by molar-refractivity contribution is 5.78. The predicted molar refractivity (Wildman–Crippen MR) is 97.0 cm³/mol. The first kappa shape index (κ1) is 18.3. The molecule has 0 aliphatic rings. The largest absolute Gasteiger partial charge is 0.484 e. The predicted octanol–water partition coefficient (Wildman–Crippen LogP) is 1.59. The first-order valence-electron chi connectivity index (χ1n) is 7.97. The average molecular weight is 341 g/mol. The van der Waals surface area contributed by atoms with E-state index in [0.717, 1.165) is 11.1 Å². The third-order valence-corrected chi connectivity index (χ3v) is 3.59. The molecule has 0 aromatic heterocycles. The number of hydrogen-bond donors (Lipinski definition) is 2. The van der Waals surface area contributed by atoms with Gasteiger partial charge in [0.2, 0.25) is 5.91 Å². The number of nitrogens with one attached hydrogen (secondary N) is 1. The number of hydrogen-bond acceptors (Lipinski definition) is 4. The van der Waals surface area contributed by atoms with E-state index in [0.29, 0.717) is 24.4 Å². The van der Waals surface area contributed by atoms with Crippen LogP contribution in [0.4, 0.5) is 5.69 Å². The topological polar surface area (TPSA) is 84.7 Å². The Morgan fingerprint density at radius 1 is 1.08 bits per heavy atom. The lowest BCUT2D eigenvalue weighted by molar-refractivity contribution is -0.130. The Morgan fingerprint density at radius 3 is 2.48 bits per heavy atom. The summed E-state index contributed by atoms with van der Waals surface area (Å²) in [6.07, 6.45) is 0.299. The second-order valence-electron chi connectivity index (χ2n) is 5.92. The summed E-state index contributed by atoms with van der Waals surface area (Å²) in [4.78, 5) is 25.0. The zero-order valence-corrected chi connectivity index (χ0v) is 14.5. The minimum Gasteiger partial charge on any atom is -0.484 e. The van der Waals surface area contributed by atoms with E-state index in [9.17, 15) is 9.59 Å². The van der Waals surface area contributed by atoms with Crippen LogP contribution < -0.4 is 15.8 Å². The summed E-state index contributed by atoms with van der Waals surface area (Å²) in [5.74, 6) is 0.418. The standard InChI is InChI=1S/C19H23N3O3/c1-22(2)19(24)13-25-17-5-3-4-15(10-17)12-21-18(23)11-14-6-8-16(20)9-7-14/h3-10H,11-13,20H2,1-2H3,(H,21,23). The summed E-state index contributed by atoms with van der Waals surface area (Å²) < 4.78 is 5.47. The fraction of sp³-hybridized carbons (Fsp3) is 0.263. The van der Waals surface area contributed by atoms with Crippen molar-refractivity contribution in [3.63, 3.8) is 0 Å². The average Bonchev–Trinajstić information content (AvgIpc) is 2.60. The molecule has 2 amide bonds. The van der Waals surface area contributed by atoms with Crippen LogP contribution in [0.3, 0.4) is 0 Å². The number of anilines is 1. The summed E-state index contributed by atoms with van der Waals surface area (Å²) in [5.41, 5.74) is 8.12. The van der Waals surface area contributed by atoms with Gasteiger partial charge in [-0.2, -0.15) is 0 Å². The number of rotatable bonds is 7. The summed E-state index contributed by atoms with van der Waals surface area (Å²) in [6, 6.07) is 14.5. The second-order valence-corrected chi connectivity index (χ2v) is 5.92. The molecule has 0 bridgehead atoms. The first-order chi connectivity index (χ1) is 11.9. The summed E-state index contributed by atoms with van der Waals surface area (Å²) in [7, 11) is 3.36. The maximum Gasteiger partial charge on any atom is 0.259 e. The van der Waals surface area contributed by atoms with Crippen molar-refractivity contribution in [2.24, 2.45) is 0 Å². The van der Waals surface area contributed by atoms with Crippen LogP contribution in [0.1, 0.15) is 11.1 Å². The number of nitrogen functional groups attached to an aromatic ring is 1. The van der Waals surface area contributed by atoms with Gasteiger partial charge in [0.1, 0.15) is 5.75 Å². The Bertz CT molecular complexity index is 727. The molecule has 2 aromatic carbocycles. The number of carbonyl (C=O) groups is 2. The van der Waals surface area contributed by atoms with Gasteiger partial charge in [-0.1, -0.05) is 24.3 Å². The second kappa shape index (κ2) is 8.73. The number of benzene rings is 2. The fourth-order valence-electron chi connectivity index (χ4n) is 2.10. The van der Waals surface area contributed by atoms with Crippen LogP contribution in [0.25, 0.3) is 0 Å². The van der Waals surface area contributed by atoms with Crippen LogP contribution in [-0.4, -0.2) is 37.4 Å². The van der Waals surface area contributed by atoms with Gasteiger partial charge in [-0.05, 0) is 35.4 Å². The van der Waals surface area contributed by atoms with E-state index in [4.69, 9.17) is 10.5 Å². The van der Waals surface area contributed by atoms with Gasteiger partial charge in [-0.25, -0.2) is 0 Å². The Kier molecular flexibility index (Phi) is 6.39. The Hall–Kier alpha value is -3.02. The number of likely N-dealkylation sites (N-methyl/N-ethyl adjacent to an activating group) is 1. The van der Waals surface area contributed by atoms with Gasteiger partial charge in [0.25, 0.3) is 5.91 Å².